The van der Waals surface area contributed by atoms with Crippen molar-refractivity contribution in [2.45, 2.75) is 56.6 Å². The molecule has 0 bridgehead atoms. The van der Waals surface area contributed by atoms with Crippen LogP contribution in [0.5, 0.6) is 0 Å². The molecule has 36 heavy (non-hydrogen) atoms. The minimum atomic E-state index is -4.44. The van der Waals surface area contributed by atoms with E-state index in [-0.39, 0.29) is 43.1 Å². The molecular formula is C25H33F3N4O4. The fourth-order valence-corrected chi connectivity index (χ4v) is 6.66. The second kappa shape index (κ2) is 9.50. The first-order chi connectivity index (χ1) is 17.1. The fourth-order valence-electron chi connectivity index (χ4n) is 6.66. The van der Waals surface area contributed by atoms with Crippen LogP contribution in [-0.4, -0.2) is 79.9 Å². The summed E-state index contributed by atoms with van der Waals surface area (Å²) in [5.41, 5.74) is 5.44. The summed E-state index contributed by atoms with van der Waals surface area (Å²) in [6, 6.07) is 3.38. The van der Waals surface area contributed by atoms with E-state index in [4.69, 9.17) is 15.2 Å². The molecule has 0 spiro atoms. The highest BCUT2D eigenvalue weighted by atomic mass is 19.4. The summed E-state index contributed by atoms with van der Waals surface area (Å²) in [5.74, 6) is -0.169. The number of carbonyl (C=O) groups excluding carboxylic acids is 2. The highest BCUT2D eigenvalue weighted by molar-refractivity contribution is 5.86. The molecule has 3 fully saturated rings. The molecule has 5 atom stereocenters. The van der Waals surface area contributed by atoms with E-state index >= 15 is 0 Å². The SMILES string of the molecule is COC1COCCC1NC1CC2CN(C(N)=O)CC2(C(=O)N2CCc3ccc(C(F)(F)F)cc3C2)C1. The molecule has 1 aromatic rings. The molecule has 0 aromatic heterocycles. The van der Waals surface area contributed by atoms with Gasteiger partial charge in [0.25, 0.3) is 0 Å². The number of halogens is 3. The number of nitrogens with one attached hydrogen (secondary N) is 1. The van der Waals surface area contributed by atoms with Crippen LogP contribution >= 0.6 is 0 Å². The number of nitrogens with zero attached hydrogens (tertiary/aromatic N) is 2. The number of methoxy groups -OCH3 is 1. The maximum atomic E-state index is 14.1. The van der Waals surface area contributed by atoms with Crippen LogP contribution in [0.15, 0.2) is 18.2 Å². The number of fused-ring (bicyclic) bond motifs is 2. The topological polar surface area (TPSA) is 97.1 Å². The number of hydrogen-bond donors (Lipinski definition) is 2. The van der Waals surface area contributed by atoms with E-state index < -0.39 is 23.2 Å². The molecule has 8 nitrogen and oxygen atoms in total. The average molecular weight is 511 g/mol. The van der Waals surface area contributed by atoms with Crippen molar-refractivity contribution in [3.8, 4) is 0 Å². The summed E-state index contributed by atoms with van der Waals surface area (Å²) in [6.07, 6.45) is -1.95. The van der Waals surface area contributed by atoms with E-state index in [0.29, 0.717) is 51.1 Å². The molecule has 11 heteroatoms. The standard InChI is InChI=1S/C25H33F3N4O4/c1-35-21-13-36-7-5-20(21)30-19-9-18-12-32(23(29)34)14-24(18,10-19)22(33)31-6-4-15-2-3-17(25(26,27)28)8-16(15)11-31/h2-3,8,18-21,30H,4-7,9-14H2,1H3,(H2,29,34). The summed E-state index contributed by atoms with van der Waals surface area (Å²) in [6.45, 7) is 2.36. The molecule has 3 amide bonds. The molecule has 3 heterocycles. The van der Waals surface area contributed by atoms with Crippen LogP contribution in [0.1, 0.15) is 36.0 Å². The lowest BCUT2D eigenvalue weighted by atomic mass is 9.78. The lowest BCUT2D eigenvalue weighted by molar-refractivity contribution is -0.143. The van der Waals surface area contributed by atoms with Gasteiger partial charge in [0.05, 0.1) is 23.7 Å². The summed E-state index contributed by atoms with van der Waals surface area (Å²) >= 11 is 0. The van der Waals surface area contributed by atoms with Crippen LogP contribution in [0.2, 0.25) is 0 Å². The summed E-state index contributed by atoms with van der Waals surface area (Å²) in [4.78, 5) is 29.3. The Morgan fingerprint density at radius 1 is 1.25 bits per heavy atom. The van der Waals surface area contributed by atoms with Gasteiger partial charge in [0, 0.05) is 52.0 Å². The van der Waals surface area contributed by atoms with Crippen molar-refractivity contribution in [2.75, 3.05) is 40.0 Å². The lowest BCUT2D eigenvalue weighted by Gasteiger charge is -2.38. The summed E-state index contributed by atoms with van der Waals surface area (Å²) < 4.78 is 51.0. The molecule has 5 rings (SSSR count). The zero-order valence-electron chi connectivity index (χ0n) is 20.4. The summed E-state index contributed by atoms with van der Waals surface area (Å²) in [7, 11) is 1.66. The Morgan fingerprint density at radius 2 is 2.06 bits per heavy atom. The van der Waals surface area contributed by atoms with E-state index in [1.165, 1.54) is 11.0 Å². The van der Waals surface area contributed by atoms with Crippen molar-refractivity contribution >= 4 is 11.9 Å². The van der Waals surface area contributed by atoms with Gasteiger partial charge in [0.1, 0.15) is 0 Å². The molecule has 2 saturated heterocycles. The third kappa shape index (κ3) is 4.56. The van der Waals surface area contributed by atoms with Crippen LogP contribution in [0.25, 0.3) is 0 Å². The highest BCUT2D eigenvalue weighted by Gasteiger charge is 2.59. The first-order valence-corrected chi connectivity index (χ1v) is 12.5. The van der Waals surface area contributed by atoms with Crippen molar-refractivity contribution in [1.29, 1.82) is 0 Å². The Balaban J connectivity index is 1.36. The molecular weight excluding hydrogens is 477 g/mol. The van der Waals surface area contributed by atoms with E-state index in [2.05, 4.69) is 5.32 Å². The molecule has 4 aliphatic rings. The van der Waals surface area contributed by atoms with Crippen molar-refractivity contribution in [1.82, 2.24) is 15.1 Å². The number of alkyl halides is 3. The third-order valence-corrected chi connectivity index (χ3v) is 8.50. The van der Waals surface area contributed by atoms with Crippen molar-refractivity contribution < 1.29 is 32.2 Å². The molecule has 198 valence electrons. The van der Waals surface area contributed by atoms with Gasteiger partial charge in [-0.3, -0.25) is 4.79 Å². The number of primary amides is 1. The second-order valence-electron chi connectivity index (χ2n) is 10.6. The number of likely N-dealkylation sites (tertiary alicyclic amines) is 1. The second-order valence-corrected chi connectivity index (χ2v) is 10.6. The summed E-state index contributed by atoms with van der Waals surface area (Å²) in [5, 5.41) is 3.68. The number of hydrogen-bond acceptors (Lipinski definition) is 5. The third-order valence-electron chi connectivity index (χ3n) is 8.50. The maximum absolute atomic E-state index is 14.1. The van der Waals surface area contributed by atoms with Crippen LogP contribution in [0.4, 0.5) is 18.0 Å². The van der Waals surface area contributed by atoms with Gasteiger partial charge in [-0.05, 0) is 54.9 Å². The van der Waals surface area contributed by atoms with Gasteiger partial charge in [-0.15, -0.1) is 0 Å². The van der Waals surface area contributed by atoms with E-state index in [0.717, 1.165) is 24.1 Å². The Hall–Kier alpha value is -2.37. The smallest absolute Gasteiger partial charge is 0.379 e. The van der Waals surface area contributed by atoms with Gasteiger partial charge in [-0.25, -0.2) is 4.79 Å². The predicted molar refractivity (Wildman–Crippen MR) is 124 cm³/mol. The number of carbonyl (C=O) groups is 2. The van der Waals surface area contributed by atoms with E-state index in [1.807, 2.05) is 0 Å². The number of benzene rings is 1. The highest BCUT2D eigenvalue weighted by Crippen LogP contribution is 2.50. The van der Waals surface area contributed by atoms with Crippen molar-refractivity contribution in [2.24, 2.45) is 17.1 Å². The molecule has 1 aliphatic carbocycles. The van der Waals surface area contributed by atoms with Gasteiger partial charge in [-0.2, -0.15) is 13.2 Å². The zero-order chi connectivity index (χ0) is 25.7. The minimum absolute atomic E-state index is 0.0589. The molecule has 0 radical (unpaired) electrons. The maximum Gasteiger partial charge on any atom is 0.416 e. The van der Waals surface area contributed by atoms with Crippen LogP contribution in [0.3, 0.4) is 0 Å². The molecule has 3 N–H and O–H groups in total. The molecule has 1 saturated carbocycles. The number of rotatable bonds is 4. The lowest BCUT2D eigenvalue weighted by Crippen LogP contribution is -2.52. The fraction of sp³-hybridized carbons (Fsp3) is 0.680. The average Bonchev–Trinajstić information content (AvgIpc) is 3.38. The Morgan fingerprint density at radius 3 is 2.78 bits per heavy atom. The first-order valence-electron chi connectivity index (χ1n) is 12.5. The van der Waals surface area contributed by atoms with Gasteiger partial charge in [0.2, 0.25) is 5.91 Å². The van der Waals surface area contributed by atoms with Gasteiger partial charge >= 0.3 is 12.2 Å². The predicted octanol–water partition coefficient (Wildman–Crippen LogP) is 2.14. The minimum Gasteiger partial charge on any atom is -0.379 e. The molecule has 5 unspecified atom stereocenters. The first kappa shape index (κ1) is 25.3. The monoisotopic (exact) mass is 510 g/mol. The number of nitrogens with two attached hydrogens (primary N) is 1. The van der Waals surface area contributed by atoms with E-state index in [1.54, 1.807) is 12.0 Å². The quantitative estimate of drug-likeness (QED) is 0.647. The number of amides is 3. The number of ether oxygens (including phenoxy) is 2. The van der Waals surface area contributed by atoms with Crippen LogP contribution in [0, 0.1) is 11.3 Å². The van der Waals surface area contributed by atoms with Gasteiger partial charge < -0.3 is 30.3 Å². The van der Waals surface area contributed by atoms with E-state index in [9.17, 15) is 22.8 Å². The van der Waals surface area contributed by atoms with Crippen molar-refractivity contribution in [3.63, 3.8) is 0 Å². The normalized spacial score (nSPS) is 32.3. The largest absolute Gasteiger partial charge is 0.416 e. The molecule has 3 aliphatic heterocycles. The Labute approximate surface area is 208 Å². The van der Waals surface area contributed by atoms with Crippen LogP contribution in [-0.2, 0) is 33.4 Å². The van der Waals surface area contributed by atoms with Crippen LogP contribution < -0.4 is 11.1 Å². The molecule has 1 aromatic carbocycles. The van der Waals surface area contributed by atoms with Gasteiger partial charge in [-0.1, -0.05) is 6.07 Å². The zero-order valence-corrected chi connectivity index (χ0v) is 20.4. The Kier molecular flexibility index (Phi) is 6.67. The van der Waals surface area contributed by atoms with Gasteiger partial charge in [0.15, 0.2) is 0 Å². The Bertz CT molecular complexity index is 1020. The van der Waals surface area contributed by atoms with Crippen molar-refractivity contribution in [3.05, 3.63) is 34.9 Å². The number of urea groups is 1.